The van der Waals surface area contributed by atoms with Crippen LogP contribution in [0.15, 0.2) is 78.9 Å². The van der Waals surface area contributed by atoms with Crippen molar-refractivity contribution < 1.29 is 13.9 Å². The van der Waals surface area contributed by atoms with Crippen molar-refractivity contribution in [2.45, 2.75) is 6.54 Å². The Kier molecular flexibility index (Phi) is 5.52. The Hall–Kier alpha value is -4.00. The van der Waals surface area contributed by atoms with E-state index in [2.05, 4.69) is 15.4 Å². The van der Waals surface area contributed by atoms with E-state index in [1.165, 1.54) is 12.1 Å². The molecule has 0 radical (unpaired) electrons. The number of benzene rings is 3. The maximum Gasteiger partial charge on any atom is 0.291 e. The molecule has 0 aliphatic heterocycles. The van der Waals surface area contributed by atoms with Crippen LogP contribution in [0.1, 0.15) is 16.2 Å². The average Bonchev–Trinajstić information content (AvgIpc) is 3.24. The van der Waals surface area contributed by atoms with Crippen LogP contribution in [0.5, 0.6) is 5.75 Å². The number of hydrogen-bond acceptors (Lipinski definition) is 4. The summed E-state index contributed by atoms with van der Waals surface area (Å²) in [5.41, 5.74) is 2.31. The highest BCUT2D eigenvalue weighted by Gasteiger charge is 2.19. The van der Waals surface area contributed by atoms with Crippen molar-refractivity contribution in [2.24, 2.45) is 0 Å². The van der Waals surface area contributed by atoms with Gasteiger partial charge in [0.05, 0.1) is 12.8 Å². The minimum atomic E-state index is -0.394. The molecule has 0 saturated heterocycles. The van der Waals surface area contributed by atoms with E-state index in [0.717, 1.165) is 5.56 Å². The fourth-order valence-electron chi connectivity index (χ4n) is 2.95. The fraction of sp³-hybridized carbons (Fsp3) is 0.0870. The lowest BCUT2D eigenvalue weighted by Crippen LogP contribution is -2.24. The van der Waals surface area contributed by atoms with E-state index in [9.17, 15) is 9.18 Å². The highest BCUT2D eigenvalue weighted by atomic mass is 19.1. The van der Waals surface area contributed by atoms with Crippen LogP contribution in [0.3, 0.4) is 0 Å². The Morgan fingerprint density at radius 2 is 1.70 bits per heavy atom. The van der Waals surface area contributed by atoms with Crippen molar-refractivity contribution in [3.05, 3.63) is 96.1 Å². The van der Waals surface area contributed by atoms with E-state index in [4.69, 9.17) is 4.74 Å². The van der Waals surface area contributed by atoms with Crippen LogP contribution in [-0.4, -0.2) is 27.8 Å². The Balaban J connectivity index is 1.67. The van der Waals surface area contributed by atoms with E-state index < -0.39 is 5.91 Å². The summed E-state index contributed by atoms with van der Waals surface area (Å²) in [5.74, 6) is 0.415. The summed E-state index contributed by atoms with van der Waals surface area (Å²) >= 11 is 0. The lowest BCUT2D eigenvalue weighted by Gasteiger charge is -2.07. The predicted octanol–water partition coefficient (Wildman–Crippen LogP) is 4.01. The SMILES string of the molecule is COc1ccc(-n2nc(C(=O)NCc3ccccc3)nc2-c2ccc(F)cc2)cc1. The highest BCUT2D eigenvalue weighted by Crippen LogP contribution is 2.23. The van der Waals surface area contributed by atoms with Gasteiger partial charge in [-0.3, -0.25) is 4.79 Å². The van der Waals surface area contributed by atoms with Gasteiger partial charge in [-0.2, -0.15) is 0 Å². The van der Waals surface area contributed by atoms with Crippen LogP contribution < -0.4 is 10.1 Å². The fourth-order valence-corrected chi connectivity index (χ4v) is 2.95. The molecular formula is C23H19FN4O2. The Labute approximate surface area is 173 Å². The van der Waals surface area contributed by atoms with Crippen LogP contribution in [-0.2, 0) is 6.54 Å². The number of ether oxygens (including phenoxy) is 1. The molecule has 0 saturated carbocycles. The van der Waals surface area contributed by atoms with Gasteiger partial charge in [-0.25, -0.2) is 14.1 Å². The number of amides is 1. The zero-order chi connectivity index (χ0) is 20.9. The standard InChI is InChI=1S/C23H19FN4O2/c1-30-20-13-11-19(12-14-20)28-22(17-7-9-18(24)10-8-17)26-21(27-28)23(29)25-15-16-5-3-2-4-6-16/h2-14H,15H2,1H3,(H,25,29). The summed E-state index contributed by atoms with van der Waals surface area (Å²) in [6, 6.07) is 22.7. The number of nitrogens with one attached hydrogen (secondary N) is 1. The van der Waals surface area contributed by atoms with Crippen molar-refractivity contribution in [1.82, 2.24) is 20.1 Å². The van der Waals surface area contributed by atoms with Crippen molar-refractivity contribution in [3.8, 4) is 22.8 Å². The largest absolute Gasteiger partial charge is 0.497 e. The van der Waals surface area contributed by atoms with E-state index in [-0.39, 0.29) is 11.6 Å². The lowest BCUT2D eigenvalue weighted by atomic mass is 10.2. The van der Waals surface area contributed by atoms with Crippen LogP contribution in [0.25, 0.3) is 17.1 Å². The molecule has 7 heteroatoms. The highest BCUT2D eigenvalue weighted by molar-refractivity contribution is 5.91. The molecule has 30 heavy (non-hydrogen) atoms. The van der Waals surface area contributed by atoms with Gasteiger partial charge in [0.1, 0.15) is 11.6 Å². The average molecular weight is 402 g/mol. The van der Waals surface area contributed by atoms with E-state index in [1.807, 2.05) is 42.5 Å². The third-order valence-corrected chi connectivity index (χ3v) is 4.53. The Morgan fingerprint density at radius 3 is 2.37 bits per heavy atom. The van der Waals surface area contributed by atoms with Gasteiger partial charge in [0, 0.05) is 12.1 Å². The Bertz CT molecular complexity index is 1140. The normalized spacial score (nSPS) is 10.6. The molecule has 0 aliphatic rings. The Morgan fingerprint density at radius 1 is 1.00 bits per heavy atom. The molecule has 0 spiro atoms. The number of nitrogens with zero attached hydrogens (tertiary/aromatic N) is 3. The molecule has 150 valence electrons. The molecule has 4 rings (SSSR count). The van der Waals surface area contributed by atoms with Gasteiger partial charge in [0.15, 0.2) is 5.82 Å². The molecule has 4 aromatic rings. The van der Waals surface area contributed by atoms with Gasteiger partial charge in [0.2, 0.25) is 5.82 Å². The summed E-state index contributed by atoms with van der Waals surface area (Å²) < 4.78 is 20.1. The number of aromatic nitrogens is 3. The molecule has 0 bridgehead atoms. The molecule has 0 unspecified atom stereocenters. The van der Waals surface area contributed by atoms with Gasteiger partial charge in [0.25, 0.3) is 5.91 Å². The quantitative estimate of drug-likeness (QED) is 0.529. The van der Waals surface area contributed by atoms with Crippen LogP contribution in [0, 0.1) is 5.82 Å². The molecule has 1 amide bonds. The van der Waals surface area contributed by atoms with E-state index in [0.29, 0.717) is 29.4 Å². The number of rotatable bonds is 6. The second-order valence-electron chi connectivity index (χ2n) is 6.54. The van der Waals surface area contributed by atoms with Crippen LogP contribution in [0.2, 0.25) is 0 Å². The maximum absolute atomic E-state index is 13.4. The zero-order valence-electron chi connectivity index (χ0n) is 16.2. The number of methoxy groups -OCH3 is 1. The first-order valence-corrected chi connectivity index (χ1v) is 9.33. The molecular weight excluding hydrogens is 383 g/mol. The number of hydrogen-bond donors (Lipinski definition) is 1. The number of carbonyl (C=O) groups is 1. The molecule has 0 aliphatic carbocycles. The summed E-state index contributed by atoms with van der Waals surface area (Å²) in [6.45, 7) is 0.364. The van der Waals surface area contributed by atoms with Gasteiger partial charge in [-0.05, 0) is 54.1 Å². The van der Waals surface area contributed by atoms with Gasteiger partial charge < -0.3 is 10.1 Å². The van der Waals surface area contributed by atoms with E-state index in [1.54, 1.807) is 36.1 Å². The van der Waals surface area contributed by atoms with Crippen molar-refractivity contribution in [3.63, 3.8) is 0 Å². The second-order valence-corrected chi connectivity index (χ2v) is 6.54. The summed E-state index contributed by atoms with van der Waals surface area (Å²) in [6.07, 6.45) is 0. The molecule has 0 atom stereocenters. The lowest BCUT2D eigenvalue weighted by molar-refractivity contribution is 0.0940. The van der Waals surface area contributed by atoms with Crippen LogP contribution in [0.4, 0.5) is 4.39 Å². The van der Waals surface area contributed by atoms with E-state index >= 15 is 0 Å². The monoisotopic (exact) mass is 402 g/mol. The van der Waals surface area contributed by atoms with Crippen LogP contribution >= 0.6 is 0 Å². The van der Waals surface area contributed by atoms with Crippen molar-refractivity contribution in [1.29, 1.82) is 0 Å². The van der Waals surface area contributed by atoms with Gasteiger partial charge >= 0.3 is 0 Å². The van der Waals surface area contributed by atoms with Gasteiger partial charge in [-0.15, -0.1) is 5.10 Å². The first-order valence-electron chi connectivity index (χ1n) is 9.33. The minimum absolute atomic E-state index is 0.0288. The first-order chi connectivity index (χ1) is 14.6. The molecule has 1 aromatic heterocycles. The summed E-state index contributed by atoms with van der Waals surface area (Å²) in [5, 5.41) is 7.23. The first kappa shape index (κ1) is 19.3. The topological polar surface area (TPSA) is 69.0 Å². The van der Waals surface area contributed by atoms with Crippen molar-refractivity contribution >= 4 is 5.91 Å². The predicted molar refractivity (Wildman–Crippen MR) is 111 cm³/mol. The molecule has 1 N–H and O–H groups in total. The van der Waals surface area contributed by atoms with Gasteiger partial charge in [-0.1, -0.05) is 30.3 Å². The molecule has 6 nitrogen and oxygen atoms in total. The smallest absolute Gasteiger partial charge is 0.291 e. The third-order valence-electron chi connectivity index (χ3n) is 4.53. The summed E-state index contributed by atoms with van der Waals surface area (Å²) in [7, 11) is 1.59. The van der Waals surface area contributed by atoms with Crippen molar-refractivity contribution in [2.75, 3.05) is 7.11 Å². The summed E-state index contributed by atoms with van der Waals surface area (Å²) in [4.78, 5) is 17.1. The minimum Gasteiger partial charge on any atom is -0.497 e. The number of halogens is 1. The third kappa shape index (κ3) is 4.20. The second kappa shape index (κ2) is 8.57. The molecule has 3 aromatic carbocycles. The molecule has 0 fully saturated rings. The number of carbonyl (C=O) groups excluding carboxylic acids is 1. The molecule has 1 heterocycles. The maximum atomic E-state index is 13.4. The zero-order valence-corrected chi connectivity index (χ0v) is 16.2.